The summed E-state index contributed by atoms with van der Waals surface area (Å²) in [6, 6.07) is 21.8. The van der Waals surface area contributed by atoms with Crippen LogP contribution in [0.4, 0.5) is 11.4 Å². The molecule has 3 aromatic carbocycles. The van der Waals surface area contributed by atoms with Gasteiger partial charge in [-0.05, 0) is 66.3 Å². The molecule has 0 saturated carbocycles. The first-order chi connectivity index (χ1) is 23.5. The van der Waals surface area contributed by atoms with Crippen LogP contribution in [0, 0.1) is 5.92 Å². The van der Waals surface area contributed by atoms with E-state index in [2.05, 4.69) is 38.2 Å². The zero-order chi connectivity index (χ0) is 34.7. The molecule has 5 atom stereocenters. The van der Waals surface area contributed by atoms with Crippen molar-refractivity contribution in [2.75, 3.05) is 37.1 Å². The molecular formula is C39H47N3O6Si. The number of carbonyl (C=O) groups is 3. The third kappa shape index (κ3) is 5.39. The Kier molecular flexibility index (Phi) is 8.69. The molecule has 2 fully saturated rings. The summed E-state index contributed by atoms with van der Waals surface area (Å²) in [7, 11) is 0.972. The van der Waals surface area contributed by atoms with Crippen LogP contribution in [0.5, 0.6) is 5.75 Å². The van der Waals surface area contributed by atoms with Gasteiger partial charge >= 0.3 is 0 Å². The van der Waals surface area contributed by atoms with Crippen LogP contribution in [-0.2, 0) is 37.7 Å². The van der Waals surface area contributed by atoms with Gasteiger partial charge in [0, 0.05) is 43.7 Å². The molecule has 0 aromatic heterocycles. The Morgan fingerprint density at radius 1 is 1.04 bits per heavy atom. The van der Waals surface area contributed by atoms with Crippen LogP contribution in [-0.4, -0.2) is 75.3 Å². The van der Waals surface area contributed by atoms with Gasteiger partial charge in [0.05, 0.1) is 46.0 Å². The quantitative estimate of drug-likeness (QED) is 0.362. The van der Waals surface area contributed by atoms with Crippen molar-refractivity contribution in [3.63, 3.8) is 0 Å². The first-order valence-electron chi connectivity index (χ1n) is 17.5. The largest absolute Gasteiger partial charge is 0.497 e. The summed E-state index contributed by atoms with van der Waals surface area (Å²) in [5, 5.41) is 11.6. The molecule has 4 aliphatic heterocycles. The summed E-state index contributed by atoms with van der Waals surface area (Å²) >= 11 is 0. The molecule has 3 aromatic rings. The molecule has 1 N–H and O–H groups in total. The third-order valence-electron chi connectivity index (χ3n) is 11.8. The Balaban J connectivity index is 1.30. The summed E-state index contributed by atoms with van der Waals surface area (Å²) in [6.45, 7) is 7.66. The van der Waals surface area contributed by atoms with E-state index in [1.165, 1.54) is 5.19 Å². The third-order valence-corrected chi connectivity index (χ3v) is 16.2. The fourth-order valence-corrected chi connectivity index (χ4v) is 13.2. The molecular weight excluding hydrogens is 635 g/mol. The van der Waals surface area contributed by atoms with Gasteiger partial charge in [0.15, 0.2) is 5.60 Å². The molecule has 3 amide bonds. The number of aliphatic hydroxyl groups excluding tert-OH is 1. The van der Waals surface area contributed by atoms with E-state index in [9.17, 15) is 19.5 Å². The molecule has 4 heterocycles. The minimum absolute atomic E-state index is 0.0842. The molecule has 0 bridgehead atoms. The molecule has 10 heteroatoms. The zero-order valence-corrected chi connectivity index (χ0v) is 30.1. The number of fused-ring (bicyclic) bond motifs is 3. The van der Waals surface area contributed by atoms with E-state index in [4.69, 9.17) is 9.47 Å². The van der Waals surface area contributed by atoms with Crippen molar-refractivity contribution in [2.24, 2.45) is 5.92 Å². The number of ether oxygens (including phenoxy) is 2. The number of rotatable bonds is 7. The van der Waals surface area contributed by atoms with Crippen LogP contribution in [0.3, 0.4) is 0 Å². The maximum absolute atomic E-state index is 14.6. The van der Waals surface area contributed by atoms with E-state index in [-0.39, 0.29) is 48.3 Å². The lowest BCUT2D eigenvalue weighted by Gasteiger charge is -2.39. The van der Waals surface area contributed by atoms with Gasteiger partial charge in [0.1, 0.15) is 5.75 Å². The predicted molar refractivity (Wildman–Crippen MR) is 192 cm³/mol. The minimum atomic E-state index is -2.47. The molecule has 7 rings (SSSR count). The lowest BCUT2D eigenvalue weighted by molar-refractivity contribution is -0.150. The zero-order valence-electron chi connectivity index (χ0n) is 29.1. The Morgan fingerprint density at radius 2 is 1.78 bits per heavy atom. The van der Waals surface area contributed by atoms with E-state index >= 15 is 0 Å². The van der Waals surface area contributed by atoms with Crippen LogP contribution >= 0.6 is 0 Å². The highest BCUT2D eigenvalue weighted by Gasteiger charge is 2.66. The second-order valence-corrected chi connectivity index (χ2v) is 19.4. The molecule has 9 nitrogen and oxygen atoms in total. The molecule has 1 spiro atoms. The normalized spacial score (nSPS) is 26.7. The lowest BCUT2D eigenvalue weighted by Crippen LogP contribution is -2.52. The Bertz CT molecular complexity index is 1780. The molecule has 4 aliphatic rings. The highest BCUT2D eigenvalue weighted by Crippen LogP contribution is 2.60. The molecule has 2 saturated heterocycles. The molecule has 49 heavy (non-hydrogen) atoms. The second kappa shape index (κ2) is 12.7. The number of hydrogen-bond donors (Lipinski definition) is 1. The Hall–Kier alpha value is -3.99. The van der Waals surface area contributed by atoms with Gasteiger partial charge in [-0.1, -0.05) is 61.6 Å². The van der Waals surface area contributed by atoms with Crippen LogP contribution in [0.15, 0.2) is 66.7 Å². The number of likely N-dealkylation sites (N-methyl/N-ethyl adjacent to an activating group) is 1. The first kappa shape index (κ1) is 33.5. The van der Waals surface area contributed by atoms with Gasteiger partial charge < -0.3 is 29.3 Å². The molecule has 0 radical (unpaired) electrons. The molecule has 0 unspecified atom stereocenters. The van der Waals surface area contributed by atoms with Crippen molar-refractivity contribution >= 4 is 42.4 Å². The van der Waals surface area contributed by atoms with Crippen molar-refractivity contribution in [1.82, 2.24) is 4.90 Å². The smallest absolute Gasteiger partial charge is 0.264 e. The fourth-order valence-electron chi connectivity index (χ4n) is 9.19. The minimum Gasteiger partial charge on any atom is -0.497 e. The average molecular weight is 682 g/mol. The monoisotopic (exact) mass is 681 g/mol. The number of amides is 3. The number of hydrogen-bond acceptors (Lipinski definition) is 6. The lowest BCUT2D eigenvalue weighted by atomic mass is 9.82. The maximum atomic E-state index is 14.6. The Labute approximate surface area is 289 Å². The number of aliphatic hydroxyl groups is 1. The molecule has 258 valence electrons. The van der Waals surface area contributed by atoms with Crippen molar-refractivity contribution in [3.8, 4) is 5.75 Å². The van der Waals surface area contributed by atoms with Gasteiger partial charge in [-0.2, -0.15) is 0 Å². The number of carbonyl (C=O) groups excluding carboxylic acids is 3. The summed E-state index contributed by atoms with van der Waals surface area (Å²) in [6.07, 6.45) is 2.47. The van der Waals surface area contributed by atoms with Crippen molar-refractivity contribution in [1.29, 1.82) is 0 Å². The van der Waals surface area contributed by atoms with Crippen molar-refractivity contribution in [2.45, 2.75) is 82.0 Å². The van der Waals surface area contributed by atoms with Crippen molar-refractivity contribution in [3.05, 3.63) is 83.4 Å². The predicted octanol–water partition coefficient (Wildman–Crippen LogP) is 4.74. The number of benzene rings is 3. The summed E-state index contributed by atoms with van der Waals surface area (Å²) in [4.78, 5) is 47.3. The summed E-state index contributed by atoms with van der Waals surface area (Å²) < 4.78 is 12.6. The second-order valence-electron chi connectivity index (χ2n) is 14.8. The first-order valence-corrected chi connectivity index (χ1v) is 20.6. The average Bonchev–Trinajstić information content (AvgIpc) is 3.53. The number of nitrogens with zero attached hydrogens (tertiary/aromatic N) is 3. The van der Waals surface area contributed by atoms with Gasteiger partial charge in [-0.25, -0.2) is 0 Å². The summed E-state index contributed by atoms with van der Waals surface area (Å²) in [5.41, 5.74) is 3.13. The topological polar surface area (TPSA) is 99.6 Å². The van der Waals surface area contributed by atoms with Gasteiger partial charge in [0.25, 0.3) is 5.91 Å². The SMILES string of the molecule is COc1ccc([Si](C)(C)[C@H]2[C@H](CC(=O)N3Cc4ccccc4C[C@H]3CO)O[C@@]3(C(=O)N(C)c4ccc(N5CCCCC5=O)cc43)[C@@H]2C)cc1. The van der Waals surface area contributed by atoms with Crippen LogP contribution in [0.25, 0.3) is 0 Å². The van der Waals surface area contributed by atoms with E-state index in [1.54, 1.807) is 24.0 Å². The van der Waals surface area contributed by atoms with Gasteiger partial charge in [0.2, 0.25) is 11.8 Å². The summed E-state index contributed by atoms with van der Waals surface area (Å²) in [5.74, 6) is 0.368. The van der Waals surface area contributed by atoms with E-state index in [1.807, 2.05) is 53.4 Å². The van der Waals surface area contributed by atoms with Crippen molar-refractivity contribution < 1.29 is 29.0 Å². The standard InChI is InChI=1S/C39H47N3O6Si/c1-25-37(49(4,5)31-16-14-30(47-3)15-17-31)34(22-36(45)42-23-27-11-7-6-10-26(27)20-29(42)24-43)48-39(25)32-21-28(41-19-9-8-12-35(41)44)13-18-33(32)40(2)38(39)46/h6-7,10-11,13-18,21,25,29,34,37,43H,8-9,12,19-20,22-24H2,1-5H3/t25-,29+,34+,37-,39+/m1/s1. The van der Waals surface area contributed by atoms with E-state index in [0.29, 0.717) is 25.9 Å². The number of anilines is 2. The van der Waals surface area contributed by atoms with E-state index < -0.39 is 19.8 Å². The Morgan fingerprint density at radius 3 is 2.47 bits per heavy atom. The molecule has 0 aliphatic carbocycles. The van der Waals surface area contributed by atoms with Gasteiger partial charge in [-0.3, -0.25) is 14.4 Å². The fraction of sp³-hybridized carbons (Fsp3) is 0.462. The van der Waals surface area contributed by atoms with Gasteiger partial charge in [-0.15, -0.1) is 0 Å². The highest BCUT2D eigenvalue weighted by molar-refractivity contribution is 6.91. The van der Waals surface area contributed by atoms with Crippen LogP contribution in [0.1, 0.15) is 49.3 Å². The maximum Gasteiger partial charge on any atom is 0.264 e. The van der Waals surface area contributed by atoms with Crippen LogP contribution in [0.2, 0.25) is 18.6 Å². The van der Waals surface area contributed by atoms with Crippen LogP contribution < -0.4 is 19.7 Å². The van der Waals surface area contributed by atoms with E-state index in [0.717, 1.165) is 46.7 Å². The highest BCUT2D eigenvalue weighted by atomic mass is 28.3. The number of piperidine rings is 1. The number of methoxy groups -OCH3 is 1.